The standard InChI is InChI=1S/C18H35N3O7/c1-5-6-21-8-17(24)7-9(2)26-16-18(17,25)28-14-11(20-4)12(22)10(19-3)13(23)15(14)27-16/h9-16,19-25H,5-8H2,1-4H3/t9-,10-,11+,12+,13+,14-,15-,16+,17-,18-/m1/s1. The summed E-state index contributed by atoms with van der Waals surface area (Å²) in [6.45, 7) is 4.56. The zero-order chi connectivity index (χ0) is 20.7. The zero-order valence-corrected chi connectivity index (χ0v) is 17.0. The molecule has 3 fully saturated rings. The van der Waals surface area contributed by atoms with Crippen molar-refractivity contribution >= 4 is 0 Å². The first kappa shape index (κ1) is 22.3. The van der Waals surface area contributed by atoms with E-state index in [1.807, 2.05) is 6.92 Å². The Morgan fingerprint density at radius 1 is 1.00 bits per heavy atom. The quantitative estimate of drug-likeness (QED) is 0.232. The number of nitrogens with one attached hydrogen (secondary N) is 3. The van der Waals surface area contributed by atoms with Gasteiger partial charge in [0, 0.05) is 13.0 Å². The van der Waals surface area contributed by atoms with Crippen molar-refractivity contribution in [2.45, 2.75) is 87.0 Å². The van der Waals surface area contributed by atoms with Crippen molar-refractivity contribution in [1.29, 1.82) is 0 Å². The van der Waals surface area contributed by atoms with Gasteiger partial charge in [-0.3, -0.25) is 0 Å². The molecule has 3 aliphatic rings. The van der Waals surface area contributed by atoms with E-state index in [1.54, 1.807) is 21.0 Å². The first-order valence-electron chi connectivity index (χ1n) is 10.1. The van der Waals surface area contributed by atoms with Crippen molar-refractivity contribution in [3.05, 3.63) is 0 Å². The molecule has 2 saturated heterocycles. The monoisotopic (exact) mass is 405 g/mol. The van der Waals surface area contributed by atoms with Crippen LogP contribution in [0.1, 0.15) is 26.7 Å². The molecule has 0 spiro atoms. The van der Waals surface area contributed by atoms with Crippen molar-refractivity contribution in [2.75, 3.05) is 27.2 Å². The molecular formula is C18H35N3O7. The van der Waals surface area contributed by atoms with Crippen LogP contribution in [-0.2, 0) is 14.2 Å². The molecule has 2 heterocycles. The topological polar surface area (TPSA) is 145 Å². The fraction of sp³-hybridized carbons (Fsp3) is 1.00. The summed E-state index contributed by atoms with van der Waals surface area (Å²) in [5, 5.41) is 53.1. The van der Waals surface area contributed by atoms with E-state index in [0.29, 0.717) is 6.54 Å². The second-order valence-corrected chi connectivity index (χ2v) is 8.18. The van der Waals surface area contributed by atoms with Crippen molar-refractivity contribution < 1.29 is 34.6 Å². The Morgan fingerprint density at radius 3 is 2.29 bits per heavy atom. The Hall–Kier alpha value is -0.400. The molecule has 1 saturated carbocycles. The smallest absolute Gasteiger partial charge is 0.249 e. The van der Waals surface area contributed by atoms with Crippen molar-refractivity contribution in [1.82, 2.24) is 16.0 Å². The van der Waals surface area contributed by atoms with Crippen molar-refractivity contribution in [3.63, 3.8) is 0 Å². The van der Waals surface area contributed by atoms with E-state index < -0.39 is 54.2 Å². The van der Waals surface area contributed by atoms with Gasteiger partial charge in [0.1, 0.15) is 23.9 Å². The average Bonchev–Trinajstić information content (AvgIpc) is 2.63. The summed E-state index contributed by atoms with van der Waals surface area (Å²) in [6, 6.07) is -1.29. The lowest BCUT2D eigenvalue weighted by Crippen LogP contribution is -2.81. The maximum atomic E-state index is 11.4. The number of aliphatic hydroxyl groups is 4. The van der Waals surface area contributed by atoms with Gasteiger partial charge in [0.05, 0.1) is 24.3 Å². The van der Waals surface area contributed by atoms with E-state index in [0.717, 1.165) is 6.42 Å². The third kappa shape index (κ3) is 3.49. The molecule has 10 atom stereocenters. The highest BCUT2D eigenvalue weighted by Crippen LogP contribution is 2.46. The highest BCUT2D eigenvalue weighted by Gasteiger charge is 2.68. The van der Waals surface area contributed by atoms with Crippen LogP contribution in [0.15, 0.2) is 0 Å². The molecule has 1 aliphatic carbocycles. The number of hydrogen-bond donors (Lipinski definition) is 7. The molecule has 0 aromatic rings. The van der Waals surface area contributed by atoms with Crippen LogP contribution >= 0.6 is 0 Å². The minimum Gasteiger partial charge on any atom is -0.390 e. The molecule has 10 heteroatoms. The van der Waals surface area contributed by atoms with Gasteiger partial charge in [-0.25, -0.2) is 0 Å². The molecule has 3 rings (SSSR count). The summed E-state index contributed by atoms with van der Waals surface area (Å²) in [5.41, 5.74) is -1.66. The normalized spacial score (nSPS) is 51.4. The lowest BCUT2D eigenvalue weighted by atomic mass is 9.77. The van der Waals surface area contributed by atoms with E-state index in [1.165, 1.54) is 0 Å². The van der Waals surface area contributed by atoms with Gasteiger partial charge in [0.25, 0.3) is 0 Å². The second-order valence-electron chi connectivity index (χ2n) is 8.18. The van der Waals surface area contributed by atoms with E-state index >= 15 is 0 Å². The lowest BCUT2D eigenvalue weighted by molar-refractivity contribution is -0.482. The van der Waals surface area contributed by atoms with Gasteiger partial charge in [-0.1, -0.05) is 6.92 Å². The first-order chi connectivity index (χ1) is 13.2. The number of rotatable bonds is 6. The molecular weight excluding hydrogens is 370 g/mol. The van der Waals surface area contributed by atoms with Gasteiger partial charge in [-0.15, -0.1) is 0 Å². The number of aliphatic hydroxyl groups excluding tert-OH is 2. The van der Waals surface area contributed by atoms with Crippen LogP contribution < -0.4 is 16.0 Å². The van der Waals surface area contributed by atoms with Gasteiger partial charge < -0.3 is 50.6 Å². The molecule has 0 aromatic carbocycles. The summed E-state index contributed by atoms with van der Waals surface area (Å²) < 4.78 is 17.7. The van der Waals surface area contributed by atoms with Gasteiger partial charge in [0.2, 0.25) is 12.1 Å². The Bertz CT molecular complexity index is 543. The first-order valence-corrected chi connectivity index (χ1v) is 10.1. The maximum absolute atomic E-state index is 11.4. The molecule has 2 aliphatic heterocycles. The van der Waals surface area contributed by atoms with Crippen LogP contribution in [0.2, 0.25) is 0 Å². The fourth-order valence-corrected chi connectivity index (χ4v) is 4.70. The molecule has 10 nitrogen and oxygen atoms in total. The van der Waals surface area contributed by atoms with E-state index in [2.05, 4.69) is 16.0 Å². The predicted molar refractivity (Wildman–Crippen MR) is 99.5 cm³/mol. The summed E-state index contributed by atoms with van der Waals surface area (Å²) in [6.07, 6.45) is -4.48. The van der Waals surface area contributed by atoms with Gasteiger partial charge in [-0.05, 0) is 34.0 Å². The van der Waals surface area contributed by atoms with Gasteiger partial charge >= 0.3 is 0 Å². The summed E-state index contributed by atoms with van der Waals surface area (Å²) in [7, 11) is 3.30. The van der Waals surface area contributed by atoms with Crippen LogP contribution in [0.3, 0.4) is 0 Å². The van der Waals surface area contributed by atoms with Crippen LogP contribution in [0.4, 0.5) is 0 Å². The lowest BCUT2D eigenvalue weighted by Gasteiger charge is -2.60. The molecule has 164 valence electrons. The highest BCUT2D eigenvalue weighted by molar-refractivity contribution is 5.12. The Balaban J connectivity index is 1.91. The Kier molecular flexibility index (Phi) is 6.67. The fourth-order valence-electron chi connectivity index (χ4n) is 4.70. The Labute approximate surface area is 165 Å². The van der Waals surface area contributed by atoms with Crippen LogP contribution in [-0.4, -0.2) is 108 Å². The molecule has 7 N–H and O–H groups in total. The molecule has 0 aromatic heterocycles. The zero-order valence-electron chi connectivity index (χ0n) is 17.0. The third-order valence-corrected chi connectivity index (χ3v) is 6.19. The third-order valence-electron chi connectivity index (χ3n) is 6.19. The van der Waals surface area contributed by atoms with Gasteiger partial charge in [-0.2, -0.15) is 0 Å². The number of hydrogen-bond acceptors (Lipinski definition) is 10. The van der Waals surface area contributed by atoms with Crippen molar-refractivity contribution in [2.24, 2.45) is 0 Å². The molecule has 0 unspecified atom stereocenters. The average molecular weight is 405 g/mol. The highest BCUT2D eigenvalue weighted by atomic mass is 16.8. The maximum Gasteiger partial charge on any atom is 0.249 e. The van der Waals surface area contributed by atoms with E-state index in [9.17, 15) is 20.4 Å². The van der Waals surface area contributed by atoms with Crippen molar-refractivity contribution in [3.8, 4) is 0 Å². The molecule has 0 radical (unpaired) electrons. The minimum atomic E-state index is -2.15. The summed E-state index contributed by atoms with van der Waals surface area (Å²) in [5.74, 6) is -2.15. The van der Waals surface area contributed by atoms with Crippen LogP contribution in [0, 0.1) is 0 Å². The number of fused-ring (bicyclic) bond motifs is 2. The van der Waals surface area contributed by atoms with Gasteiger partial charge in [0.15, 0.2) is 0 Å². The SMILES string of the molecule is CCCNC[C@]1(O)C[C@@H](C)O[C@H]2O[C@@H]3[C@@H](O)[C@H](NC)[C@H](O)[C@H](NC)[C@H]3O[C@]21O. The molecule has 0 amide bonds. The number of likely N-dealkylation sites (N-methyl/N-ethyl adjacent to an activating group) is 2. The predicted octanol–water partition coefficient (Wildman–Crippen LogP) is -2.76. The largest absolute Gasteiger partial charge is 0.390 e. The Morgan fingerprint density at radius 2 is 1.68 bits per heavy atom. The summed E-state index contributed by atoms with van der Waals surface area (Å²) >= 11 is 0. The number of ether oxygens (including phenoxy) is 3. The van der Waals surface area contributed by atoms with E-state index in [4.69, 9.17) is 14.2 Å². The van der Waals surface area contributed by atoms with E-state index in [-0.39, 0.29) is 19.1 Å². The minimum absolute atomic E-state index is 0.0940. The second kappa shape index (κ2) is 8.38. The molecule has 28 heavy (non-hydrogen) atoms. The summed E-state index contributed by atoms with van der Waals surface area (Å²) in [4.78, 5) is 0. The van der Waals surface area contributed by atoms with Crippen LogP contribution in [0.25, 0.3) is 0 Å². The molecule has 0 bridgehead atoms. The van der Waals surface area contributed by atoms with Crippen LogP contribution in [0.5, 0.6) is 0 Å².